The molecule has 0 spiro atoms. The molecule has 0 heterocycles. The molecule has 0 amide bonds. The Balaban J connectivity index is 3.22. The molecule has 0 N–H and O–H groups in total. The van der Waals surface area contributed by atoms with Crippen molar-refractivity contribution in [1.29, 1.82) is 0 Å². The molecule has 1 nitrogen and oxygen atoms in total. The molecule has 0 saturated carbocycles. The van der Waals surface area contributed by atoms with Gasteiger partial charge in [0, 0.05) is 4.47 Å². The molecule has 1 unspecified atom stereocenters. The van der Waals surface area contributed by atoms with Gasteiger partial charge in [0.25, 0.3) is 0 Å². The Morgan fingerprint density at radius 3 is 2.19 bits per heavy atom. The molecule has 0 bridgehead atoms. The molecule has 1 atom stereocenters. The van der Waals surface area contributed by atoms with E-state index in [9.17, 15) is 13.2 Å². The predicted octanol–water partition coefficient (Wildman–Crippen LogP) is 3.92. The van der Waals surface area contributed by atoms with Crippen molar-refractivity contribution in [3.8, 4) is 0 Å². The van der Waals surface area contributed by atoms with Gasteiger partial charge in [-0.25, -0.2) is 0 Å². The summed E-state index contributed by atoms with van der Waals surface area (Å²) in [6.45, 7) is 1.68. The van der Waals surface area contributed by atoms with Gasteiger partial charge in [0.1, 0.15) is 6.04 Å². The molecule has 0 saturated heterocycles. The number of hydrogen-bond acceptors (Lipinski definition) is 1. The fraction of sp³-hybridized carbons (Fsp3) is 0.455. The summed E-state index contributed by atoms with van der Waals surface area (Å²) in [7, 11) is 2.86. The summed E-state index contributed by atoms with van der Waals surface area (Å²) < 4.78 is 39.4. The van der Waals surface area contributed by atoms with Crippen molar-refractivity contribution < 1.29 is 13.2 Å². The molecular formula is C11H13BrF3N. The van der Waals surface area contributed by atoms with Crippen molar-refractivity contribution in [3.05, 3.63) is 33.8 Å². The van der Waals surface area contributed by atoms with Gasteiger partial charge in [-0.3, -0.25) is 4.90 Å². The Labute approximate surface area is 101 Å². The van der Waals surface area contributed by atoms with E-state index in [1.54, 1.807) is 19.1 Å². The number of rotatable bonds is 2. The maximum absolute atomic E-state index is 12.9. The topological polar surface area (TPSA) is 3.24 Å². The van der Waals surface area contributed by atoms with E-state index in [0.717, 1.165) is 4.47 Å². The highest BCUT2D eigenvalue weighted by Crippen LogP contribution is 2.38. The summed E-state index contributed by atoms with van der Waals surface area (Å²) in [6, 6.07) is 3.28. The third-order valence-electron chi connectivity index (χ3n) is 2.35. The van der Waals surface area contributed by atoms with Crippen LogP contribution in [0.25, 0.3) is 0 Å². The normalized spacial score (nSPS) is 14.2. The second kappa shape index (κ2) is 4.75. The first kappa shape index (κ1) is 13.5. The number of aryl methyl sites for hydroxylation is 1. The van der Waals surface area contributed by atoms with Gasteiger partial charge in [-0.05, 0) is 44.3 Å². The van der Waals surface area contributed by atoms with E-state index in [2.05, 4.69) is 15.9 Å². The van der Waals surface area contributed by atoms with E-state index >= 15 is 0 Å². The molecule has 0 aliphatic heterocycles. The van der Waals surface area contributed by atoms with Crippen molar-refractivity contribution in [1.82, 2.24) is 4.90 Å². The smallest absolute Gasteiger partial charge is 0.295 e. The minimum absolute atomic E-state index is 0.292. The Morgan fingerprint density at radius 2 is 1.81 bits per heavy atom. The standard InChI is InChI=1S/C11H13BrF3N/c1-7-6-8(12)4-5-9(7)10(16(2)3)11(13,14)15/h4-6,10H,1-3H3. The monoisotopic (exact) mass is 295 g/mol. The maximum Gasteiger partial charge on any atom is 0.408 e. The van der Waals surface area contributed by atoms with Crippen LogP contribution in [0.2, 0.25) is 0 Å². The van der Waals surface area contributed by atoms with Crippen molar-refractivity contribution in [2.45, 2.75) is 19.1 Å². The van der Waals surface area contributed by atoms with Crippen molar-refractivity contribution in [2.24, 2.45) is 0 Å². The van der Waals surface area contributed by atoms with Gasteiger partial charge in [0.15, 0.2) is 0 Å². The number of nitrogens with zero attached hydrogens (tertiary/aromatic N) is 1. The highest BCUT2D eigenvalue weighted by Gasteiger charge is 2.42. The van der Waals surface area contributed by atoms with Crippen LogP contribution in [0.4, 0.5) is 13.2 Å². The van der Waals surface area contributed by atoms with Crippen LogP contribution in [0.15, 0.2) is 22.7 Å². The van der Waals surface area contributed by atoms with Crippen LogP contribution < -0.4 is 0 Å². The Kier molecular flexibility index (Phi) is 4.02. The zero-order chi connectivity index (χ0) is 12.5. The lowest BCUT2D eigenvalue weighted by molar-refractivity contribution is -0.179. The second-order valence-electron chi connectivity index (χ2n) is 3.91. The van der Waals surface area contributed by atoms with E-state index in [-0.39, 0.29) is 0 Å². The quantitative estimate of drug-likeness (QED) is 0.799. The molecule has 0 aromatic heterocycles. The average Bonchev–Trinajstić information content (AvgIpc) is 2.06. The largest absolute Gasteiger partial charge is 0.408 e. The lowest BCUT2D eigenvalue weighted by Gasteiger charge is -2.28. The van der Waals surface area contributed by atoms with Crippen molar-refractivity contribution in [2.75, 3.05) is 14.1 Å². The molecule has 16 heavy (non-hydrogen) atoms. The van der Waals surface area contributed by atoms with Crippen LogP contribution in [0.5, 0.6) is 0 Å². The SMILES string of the molecule is Cc1cc(Br)ccc1C(N(C)C)C(F)(F)F. The van der Waals surface area contributed by atoms with Crippen LogP contribution in [-0.2, 0) is 0 Å². The molecular weight excluding hydrogens is 283 g/mol. The van der Waals surface area contributed by atoms with Crippen LogP contribution in [0.1, 0.15) is 17.2 Å². The van der Waals surface area contributed by atoms with Gasteiger partial charge in [-0.15, -0.1) is 0 Å². The van der Waals surface area contributed by atoms with Gasteiger partial charge in [-0.1, -0.05) is 22.0 Å². The minimum atomic E-state index is -4.26. The summed E-state index contributed by atoms with van der Waals surface area (Å²) in [5.41, 5.74) is 0.922. The van der Waals surface area contributed by atoms with Crippen molar-refractivity contribution >= 4 is 15.9 Å². The summed E-state index contributed by atoms with van der Waals surface area (Å²) in [4.78, 5) is 1.18. The molecule has 1 aromatic carbocycles. The number of hydrogen-bond donors (Lipinski definition) is 0. The highest BCUT2D eigenvalue weighted by molar-refractivity contribution is 9.10. The maximum atomic E-state index is 12.9. The van der Waals surface area contributed by atoms with Crippen LogP contribution in [-0.4, -0.2) is 25.2 Å². The molecule has 0 fully saturated rings. The van der Waals surface area contributed by atoms with Crippen LogP contribution in [0, 0.1) is 6.92 Å². The van der Waals surface area contributed by atoms with Crippen LogP contribution >= 0.6 is 15.9 Å². The molecule has 1 rings (SSSR count). The summed E-state index contributed by atoms with van der Waals surface area (Å²) in [5, 5.41) is 0. The van der Waals surface area contributed by atoms with E-state index < -0.39 is 12.2 Å². The molecule has 0 aliphatic rings. The average molecular weight is 296 g/mol. The second-order valence-corrected chi connectivity index (χ2v) is 4.82. The molecule has 0 radical (unpaired) electrons. The first-order valence-electron chi connectivity index (χ1n) is 4.72. The Morgan fingerprint density at radius 1 is 1.25 bits per heavy atom. The van der Waals surface area contributed by atoms with Gasteiger partial charge in [-0.2, -0.15) is 13.2 Å². The molecule has 5 heteroatoms. The minimum Gasteiger partial charge on any atom is -0.295 e. The molecule has 1 aromatic rings. The third kappa shape index (κ3) is 2.98. The van der Waals surface area contributed by atoms with Crippen molar-refractivity contribution in [3.63, 3.8) is 0 Å². The fourth-order valence-electron chi connectivity index (χ4n) is 1.69. The molecule has 0 aliphatic carbocycles. The van der Waals surface area contributed by atoms with E-state index in [1.807, 2.05) is 0 Å². The van der Waals surface area contributed by atoms with E-state index in [0.29, 0.717) is 11.1 Å². The highest BCUT2D eigenvalue weighted by atomic mass is 79.9. The third-order valence-corrected chi connectivity index (χ3v) is 2.85. The fourth-order valence-corrected chi connectivity index (χ4v) is 2.17. The summed E-state index contributed by atoms with van der Waals surface area (Å²) >= 11 is 3.24. The lowest BCUT2D eigenvalue weighted by atomic mass is 10.0. The number of benzene rings is 1. The predicted molar refractivity (Wildman–Crippen MR) is 61.4 cm³/mol. The van der Waals surface area contributed by atoms with E-state index in [4.69, 9.17) is 0 Å². The first-order chi connectivity index (χ1) is 7.23. The Hall–Kier alpha value is -0.550. The number of alkyl halides is 3. The van der Waals surface area contributed by atoms with Gasteiger partial charge in [0.05, 0.1) is 0 Å². The van der Waals surface area contributed by atoms with Gasteiger partial charge in [0.2, 0.25) is 0 Å². The lowest BCUT2D eigenvalue weighted by Crippen LogP contribution is -2.33. The first-order valence-corrected chi connectivity index (χ1v) is 5.52. The van der Waals surface area contributed by atoms with Gasteiger partial charge >= 0.3 is 6.18 Å². The zero-order valence-electron chi connectivity index (χ0n) is 9.27. The Bertz CT molecular complexity index is 374. The van der Waals surface area contributed by atoms with Gasteiger partial charge < -0.3 is 0 Å². The zero-order valence-corrected chi connectivity index (χ0v) is 10.9. The van der Waals surface area contributed by atoms with E-state index in [1.165, 1.54) is 25.1 Å². The summed E-state index contributed by atoms with van der Waals surface area (Å²) in [6.07, 6.45) is -4.26. The van der Waals surface area contributed by atoms with Crippen LogP contribution in [0.3, 0.4) is 0 Å². The molecule has 90 valence electrons. The summed E-state index contributed by atoms with van der Waals surface area (Å²) in [5.74, 6) is 0. The number of halogens is 4.